The molecule has 0 radical (unpaired) electrons. The Kier molecular flexibility index (Phi) is 5.59. The number of hydrogen-bond acceptors (Lipinski definition) is 6. The lowest BCUT2D eigenvalue weighted by atomic mass is 9.89. The van der Waals surface area contributed by atoms with Gasteiger partial charge < -0.3 is 14.6 Å². The van der Waals surface area contributed by atoms with Crippen LogP contribution in [0.1, 0.15) is 44.0 Å². The molecule has 37 heavy (non-hydrogen) atoms. The average Bonchev–Trinajstić information content (AvgIpc) is 3.51. The highest BCUT2D eigenvalue weighted by Crippen LogP contribution is 2.36. The number of imidazole rings is 1. The van der Waals surface area contributed by atoms with Crippen LogP contribution in [0.2, 0.25) is 5.02 Å². The Hall–Kier alpha value is -3.49. The van der Waals surface area contributed by atoms with Crippen molar-refractivity contribution < 1.29 is 4.74 Å². The molecule has 2 fully saturated rings. The third-order valence-corrected chi connectivity index (χ3v) is 8.13. The van der Waals surface area contributed by atoms with Crippen molar-refractivity contribution in [2.45, 2.75) is 51.1 Å². The summed E-state index contributed by atoms with van der Waals surface area (Å²) < 4.78 is 8.25. The fraction of sp³-hybridized carbons (Fsp3) is 0.357. The van der Waals surface area contributed by atoms with E-state index in [4.69, 9.17) is 26.4 Å². The Morgan fingerprint density at radius 1 is 0.973 bits per heavy atom. The molecule has 1 saturated carbocycles. The Balaban J connectivity index is 1.12. The number of hydrogen-bond donors (Lipinski definition) is 1. The number of H-pyrrole nitrogens is 1. The van der Waals surface area contributed by atoms with Crippen LogP contribution in [-0.4, -0.2) is 53.7 Å². The van der Waals surface area contributed by atoms with Gasteiger partial charge in [0.1, 0.15) is 27.9 Å². The van der Waals surface area contributed by atoms with Gasteiger partial charge in [-0.2, -0.15) is 5.10 Å². The molecule has 0 spiro atoms. The SMILES string of the molecule is Cc1nc2ccc(Oc3ccc4ncc(-c5cnn([C@H]6CC[C@@H](N7CCC7)CC6)c5)nc4c3Cl)cc2[nH]1. The highest BCUT2D eigenvalue weighted by molar-refractivity contribution is 6.36. The highest BCUT2D eigenvalue weighted by Gasteiger charge is 2.29. The number of fused-ring (bicyclic) bond motifs is 2. The number of likely N-dealkylation sites (tertiary alicyclic amines) is 1. The monoisotopic (exact) mass is 513 g/mol. The molecular weight excluding hydrogens is 486 g/mol. The number of ether oxygens (including phenoxy) is 1. The van der Waals surface area contributed by atoms with Gasteiger partial charge in [0.05, 0.1) is 40.7 Å². The van der Waals surface area contributed by atoms with Crippen LogP contribution in [0.15, 0.2) is 48.9 Å². The zero-order valence-electron chi connectivity index (χ0n) is 20.7. The summed E-state index contributed by atoms with van der Waals surface area (Å²) in [5.41, 5.74) is 4.84. The minimum Gasteiger partial charge on any atom is -0.456 e. The molecule has 1 aliphatic carbocycles. The number of rotatable bonds is 5. The summed E-state index contributed by atoms with van der Waals surface area (Å²) in [6, 6.07) is 10.6. The van der Waals surface area contributed by atoms with Crippen LogP contribution in [0, 0.1) is 6.92 Å². The summed E-state index contributed by atoms with van der Waals surface area (Å²) in [4.78, 5) is 19.8. The Morgan fingerprint density at radius 3 is 2.59 bits per heavy atom. The second-order valence-corrected chi connectivity index (χ2v) is 10.5. The van der Waals surface area contributed by atoms with Crippen LogP contribution in [0.3, 0.4) is 0 Å². The first-order valence-electron chi connectivity index (χ1n) is 13.0. The zero-order chi connectivity index (χ0) is 24.9. The third kappa shape index (κ3) is 4.24. The lowest BCUT2D eigenvalue weighted by molar-refractivity contribution is 0.0787. The van der Waals surface area contributed by atoms with Gasteiger partial charge in [-0.25, -0.2) is 9.97 Å². The molecule has 0 bridgehead atoms. The Labute approximate surface area is 219 Å². The molecule has 4 heterocycles. The Bertz CT molecular complexity index is 1600. The standard InChI is InChI=1S/C28H28ClN7O/c1-17-32-22-8-7-21(13-24(22)33-17)37-26-10-9-23-28(27(26)29)34-25(15-30-23)18-14-31-36(16-18)20-5-3-19(4-6-20)35-11-2-12-35/h7-10,13-16,19-20H,2-6,11-12H2,1H3,(H,32,33)/t19-,20+. The maximum Gasteiger partial charge on any atom is 0.148 e. The van der Waals surface area contributed by atoms with Gasteiger partial charge in [-0.15, -0.1) is 0 Å². The first-order chi connectivity index (χ1) is 18.1. The van der Waals surface area contributed by atoms with Crippen LogP contribution in [0.5, 0.6) is 11.5 Å². The maximum atomic E-state index is 6.78. The lowest BCUT2D eigenvalue weighted by Gasteiger charge is -2.42. The number of aromatic nitrogens is 6. The molecule has 3 aromatic heterocycles. The molecule has 0 amide bonds. The number of halogens is 1. The molecule has 0 unspecified atom stereocenters. The summed E-state index contributed by atoms with van der Waals surface area (Å²) in [7, 11) is 0. The molecule has 5 aromatic rings. The quantitative estimate of drug-likeness (QED) is 0.296. The molecule has 1 saturated heterocycles. The largest absolute Gasteiger partial charge is 0.456 e. The van der Waals surface area contributed by atoms with Gasteiger partial charge in [-0.05, 0) is 76.4 Å². The van der Waals surface area contributed by atoms with Gasteiger partial charge in [-0.1, -0.05) is 11.6 Å². The lowest BCUT2D eigenvalue weighted by Crippen LogP contribution is -2.46. The molecule has 2 aromatic carbocycles. The van der Waals surface area contributed by atoms with E-state index >= 15 is 0 Å². The highest BCUT2D eigenvalue weighted by atomic mass is 35.5. The van der Waals surface area contributed by atoms with E-state index in [2.05, 4.69) is 30.7 Å². The maximum absolute atomic E-state index is 6.78. The number of aromatic amines is 1. The van der Waals surface area contributed by atoms with Crippen LogP contribution in [0.4, 0.5) is 0 Å². The van der Waals surface area contributed by atoms with Crippen LogP contribution < -0.4 is 4.74 Å². The minimum atomic E-state index is 0.435. The Morgan fingerprint density at radius 2 is 1.78 bits per heavy atom. The normalized spacial score (nSPS) is 20.4. The number of benzene rings is 2. The first kappa shape index (κ1) is 22.7. The molecule has 188 valence electrons. The molecule has 9 heteroatoms. The molecule has 1 aliphatic heterocycles. The molecule has 0 atom stereocenters. The van der Waals surface area contributed by atoms with E-state index in [1.807, 2.05) is 43.5 Å². The zero-order valence-corrected chi connectivity index (χ0v) is 21.4. The van der Waals surface area contributed by atoms with Gasteiger partial charge in [0.15, 0.2) is 0 Å². The molecule has 1 N–H and O–H groups in total. The van der Waals surface area contributed by atoms with Crippen LogP contribution in [-0.2, 0) is 0 Å². The van der Waals surface area contributed by atoms with Crippen molar-refractivity contribution in [1.29, 1.82) is 0 Å². The summed E-state index contributed by atoms with van der Waals surface area (Å²) in [5.74, 6) is 2.07. The summed E-state index contributed by atoms with van der Waals surface area (Å²) >= 11 is 6.78. The van der Waals surface area contributed by atoms with E-state index in [-0.39, 0.29) is 0 Å². The van der Waals surface area contributed by atoms with Gasteiger partial charge in [0.25, 0.3) is 0 Å². The van der Waals surface area contributed by atoms with Crippen LogP contribution in [0.25, 0.3) is 33.3 Å². The molecular formula is C28H28ClN7O. The van der Waals surface area contributed by atoms with Crippen molar-refractivity contribution in [3.8, 4) is 22.8 Å². The summed E-state index contributed by atoms with van der Waals surface area (Å²) in [5, 5.41) is 5.13. The fourth-order valence-corrected chi connectivity index (χ4v) is 5.86. The van der Waals surface area contributed by atoms with E-state index in [1.165, 1.54) is 45.2 Å². The van der Waals surface area contributed by atoms with Gasteiger partial charge >= 0.3 is 0 Å². The van der Waals surface area contributed by atoms with E-state index in [0.717, 1.165) is 39.7 Å². The molecule has 8 nitrogen and oxygen atoms in total. The van der Waals surface area contributed by atoms with Gasteiger partial charge in [-0.3, -0.25) is 9.67 Å². The van der Waals surface area contributed by atoms with Crippen molar-refractivity contribution >= 4 is 33.7 Å². The van der Waals surface area contributed by atoms with E-state index in [9.17, 15) is 0 Å². The topological polar surface area (TPSA) is 84.8 Å². The average molecular weight is 514 g/mol. The second-order valence-electron chi connectivity index (χ2n) is 10.2. The predicted molar refractivity (Wildman–Crippen MR) is 144 cm³/mol. The van der Waals surface area contributed by atoms with Crippen molar-refractivity contribution in [3.63, 3.8) is 0 Å². The molecule has 7 rings (SSSR count). The first-order valence-corrected chi connectivity index (χ1v) is 13.4. The van der Waals surface area contributed by atoms with E-state index in [0.29, 0.717) is 28.1 Å². The van der Waals surface area contributed by atoms with Crippen molar-refractivity contribution in [2.24, 2.45) is 0 Å². The predicted octanol–water partition coefficient (Wildman–Crippen LogP) is 6.31. The second kappa shape index (κ2) is 9.11. The van der Waals surface area contributed by atoms with E-state index < -0.39 is 0 Å². The number of nitrogens with one attached hydrogen (secondary N) is 1. The number of aryl methyl sites for hydroxylation is 1. The summed E-state index contributed by atoms with van der Waals surface area (Å²) in [6.07, 6.45) is 12.0. The third-order valence-electron chi connectivity index (χ3n) is 7.76. The van der Waals surface area contributed by atoms with Gasteiger partial charge in [0.2, 0.25) is 0 Å². The number of nitrogens with zero attached hydrogens (tertiary/aromatic N) is 6. The van der Waals surface area contributed by atoms with Crippen molar-refractivity contribution in [2.75, 3.05) is 13.1 Å². The van der Waals surface area contributed by atoms with Crippen molar-refractivity contribution in [1.82, 2.24) is 34.6 Å². The van der Waals surface area contributed by atoms with E-state index in [1.54, 1.807) is 6.20 Å². The smallest absolute Gasteiger partial charge is 0.148 e. The fourth-order valence-electron chi connectivity index (χ4n) is 5.61. The summed E-state index contributed by atoms with van der Waals surface area (Å²) in [6.45, 7) is 4.48. The molecule has 2 aliphatic rings. The van der Waals surface area contributed by atoms with Crippen molar-refractivity contribution in [3.05, 3.63) is 59.8 Å². The van der Waals surface area contributed by atoms with Crippen LogP contribution >= 0.6 is 11.6 Å². The minimum absolute atomic E-state index is 0.435. The van der Waals surface area contributed by atoms with Gasteiger partial charge in [0, 0.05) is 23.9 Å².